The molecule has 0 aromatic heterocycles. The lowest BCUT2D eigenvalue weighted by Gasteiger charge is -2.21. The highest BCUT2D eigenvalue weighted by molar-refractivity contribution is 6.29. The fourth-order valence-corrected chi connectivity index (χ4v) is 7.11. The van der Waals surface area contributed by atoms with Gasteiger partial charge in [-0.05, 0) is 74.5 Å². The summed E-state index contributed by atoms with van der Waals surface area (Å²) in [4.78, 5) is 178. The summed E-state index contributed by atoms with van der Waals surface area (Å²) in [6, 6.07) is 16.2. The van der Waals surface area contributed by atoms with Crippen molar-refractivity contribution in [3.8, 4) is 11.5 Å². The lowest BCUT2D eigenvalue weighted by molar-refractivity contribution is -0.172. The van der Waals surface area contributed by atoms with E-state index in [1.54, 1.807) is 0 Å². The molecule has 0 spiro atoms. The summed E-state index contributed by atoms with van der Waals surface area (Å²) in [5, 5.41) is 0. The highest BCUT2D eigenvalue weighted by Gasteiger charge is 2.39. The number of ether oxygens (including phenoxy) is 10. The zero-order valence-electron chi connectivity index (χ0n) is 44.2. The minimum atomic E-state index is -1.09. The van der Waals surface area contributed by atoms with Crippen LogP contribution >= 0.6 is 0 Å². The Morgan fingerprint density at radius 2 is 0.654 bits per heavy atom. The van der Waals surface area contributed by atoms with Crippen molar-refractivity contribution in [2.75, 3.05) is 33.8 Å². The largest absolute Gasteiger partial charge is 0.479 e. The molecule has 0 radical (unpaired) electrons. The molecule has 3 aliphatic rings. The van der Waals surface area contributed by atoms with Crippen LogP contribution in [0.4, 0.5) is 0 Å². The second kappa shape index (κ2) is 27.2. The number of imide groups is 2. The van der Waals surface area contributed by atoms with Crippen molar-refractivity contribution in [2.45, 2.75) is 67.6 Å². The van der Waals surface area contributed by atoms with E-state index in [2.05, 4.69) is 18.9 Å². The molecule has 0 saturated carbocycles. The number of hydrogen-bond acceptors (Lipinski definition) is 25. The first-order valence-electron chi connectivity index (χ1n) is 23.6. The van der Waals surface area contributed by atoms with Crippen molar-refractivity contribution in [3.63, 3.8) is 0 Å². The van der Waals surface area contributed by atoms with Gasteiger partial charge < -0.3 is 47.4 Å². The Labute approximate surface area is 458 Å². The van der Waals surface area contributed by atoms with Gasteiger partial charge in [0.05, 0.1) is 22.3 Å². The van der Waals surface area contributed by atoms with Crippen molar-refractivity contribution in [2.24, 2.45) is 0 Å². The van der Waals surface area contributed by atoms with Gasteiger partial charge in [0, 0.05) is 74.9 Å². The third kappa shape index (κ3) is 15.8. The van der Waals surface area contributed by atoms with Crippen molar-refractivity contribution < 1.29 is 119 Å². The summed E-state index contributed by atoms with van der Waals surface area (Å²) < 4.78 is 47.7. The second-order valence-corrected chi connectivity index (χ2v) is 16.9. The number of amides is 4. The van der Waals surface area contributed by atoms with E-state index in [1.807, 2.05) is 0 Å². The first kappa shape index (κ1) is 61.4. The molecule has 27 heteroatoms. The molecule has 81 heavy (non-hydrogen) atoms. The van der Waals surface area contributed by atoms with Gasteiger partial charge in [-0.2, -0.15) is 0 Å². The summed E-state index contributed by atoms with van der Waals surface area (Å²) in [5.41, 5.74) is 0.607. The summed E-state index contributed by atoms with van der Waals surface area (Å²) in [6.07, 6.45) is -2.18. The van der Waals surface area contributed by atoms with Crippen LogP contribution in [0.2, 0.25) is 0 Å². The third-order valence-electron chi connectivity index (χ3n) is 11.0. The molecule has 0 bridgehead atoms. The topological polar surface area (TPSA) is 355 Å². The number of benzene rings is 4. The van der Waals surface area contributed by atoms with Crippen LogP contribution in [0, 0.1) is 0 Å². The van der Waals surface area contributed by atoms with Gasteiger partial charge in [0.15, 0.2) is 43.0 Å². The van der Waals surface area contributed by atoms with Gasteiger partial charge >= 0.3 is 47.8 Å². The van der Waals surface area contributed by atoms with Crippen molar-refractivity contribution in [3.05, 3.63) is 128 Å². The second-order valence-electron chi connectivity index (χ2n) is 16.9. The minimum Gasteiger partial charge on any atom is -0.479 e. The maximum Gasteiger partial charge on any atom is 0.349 e. The van der Waals surface area contributed by atoms with Crippen LogP contribution in [0.25, 0.3) is 0 Å². The molecule has 1 aliphatic carbocycles. The van der Waals surface area contributed by atoms with E-state index in [-0.39, 0.29) is 73.9 Å². The van der Waals surface area contributed by atoms with E-state index in [9.17, 15) is 71.9 Å². The number of nitrogens with zero attached hydrogens (tertiary/aromatic N) is 2. The van der Waals surface area contributed by atoms with E-state index in [0.717, 1.165) is 37.5 Å². The van der Waals surface area contributed by atoms with E-state index in [4.69, 9.17) is 28.4 Å². The summed E-state index contributed by atoms with van der Waals surface area (Å²) in [5.74, 6) is -8.99. The van der Waals surface area contributed by atoms with Crippen molar-refractivity contribution in [1.82, 2.24) is 9.80 Å². The Bertz CT molecular complexity index is 3090. The predicted molar refractivity (Wildman–Crippen MR) is 264 cm³/mol. The maximum atomic E-state index is 13.1. The number of carbonyl (C=O) groups is 15. The molecule has 4 amide bonds. The molecule has 2 aliphatic heterocycles. The normalized spacial score (nSPS) is 13.1. The summed E-state index contributed by atoms with van der Waals surface area (Å²) in [7, 11) is 0. The number of fused-ring (bicyclic) bond motifs is 4. The fourth-order valence-electron chi connectivity index (χ4n) is 7.11. The van der Waals surface area contributed by atoms with Gasteiger partial charge in [-0.1, -0.05) is 12.1 Å². The monoisotopic (exact) mass is 1120 g/mol. The van der Waals surface area contributed by atoms with Crippen LogP contribution in [0.15, 0.2) is 72.8 Å². The van der Waals surface area contributed by atoms with Gasteiger partial charge in [0.25, 0.3) is 23.6 Å². The number of rotatable bonds is 18. The minimum absolute atomic E-state index is 0.0250. The van der Waals surface area contributed by atoms with Crippen LogP contribution in [-0.2, 0) is 76.3 Å². The Kier molecular flexibility index (Phi) is 20.6. The molecule has 2 heterocycles. The van der Waals surface area contributed by atoms with Crippen LogP contribution in [0.1, 0.15) is 145 Å². The molecule has 27 nitrogen and oxygen atoms in total. The summed E-state index contributed by atoms with van der Waals surface area (Å²) in [6.45, 7) is 7.41. The lowest BCUT2D eigenvalue weighted by atomic mass is 9.84. The van der Waals surface area contributed by atoms with Crippen LogP contribution < -0.4 is 9.47 Å². The van der Waals surface area contributed by atoms with Gasteiger partial charge in [0.1, 0.15) is 11.5 Å². The molecule has 4 aromatic rings. The van der Waals surface area contributed by atoms with Crippen LogP contribution in [0.5, 0.6) is 11.5 Å². The SMILES string of the molecule is CC(=O)OCN1C(=O)c2ccc(C(=O)c3ccc4c(c3)C(=O)N(COC(C)=O)C4=O)cc2C1=O.CC(=O)OCOC(=O)C(C)Oc1ccc2c(c1)C(=O)c1ccc(OC(C)C(=O)OCOC(C)=O)cc1C2=O.CC(=O)OCOC(C)=O. The molecular weight excluding hydrogens is 1080 g/mol. The molecule has 2 unspecified atom stereocenters. The maximum absolute atomic E-state index is 13.1. The van der Waals surface area contributed by atoms with Crippen LogP contribution in [0.3, 0.4) is 0 Å². The molecule has 2 atom stereocenters. The molecular formula is C54H48N2O25. The van der Waals surface area contributed by atoms with Gasteiger partial charge in [-0.3, -0.25) is 62.3 Å². The predicted octanol–water partition coefficient (Wildman–Crippen LogP) is 3.35. The quantitative estimate of drug-likeness (QED) is 0.0399. The lowest BCUT2D eigenvalue weighted by Crippen LogP contribution is -2.32. The Morgan fingerprint density at radius 1 is 0.358 bits per heavy atom. The number of hydrogen-bond donors (Lipinski definition) is 0. The number of ketones is 3. The van der Waals surface area contributed by atoms with Crippen molar-refractivity contribution >= 4 is 88.7 Å². The van der Waals surface area contributed by atoms with E-state index < -0.39 is 128 Å². The number of carbonyl (C=O) groups excluding carboxylic acids is 15. The number of esters is 8. The van der Waals surface area contributed by atoms with Gasteiger partial charge in [-0.25, -0.2) is 19.4 Å². The zero-order valence-corrected chi connectivity index (χ0v) is 44.2. The van der Waals surface area contributed by atoms with Crippen molar-refractivity contribution in [1.29, 1.82) is 0 Å². The Morgan fingerprint density at radius 3 is 0.975 bits per heavy atom. The molecule has 4 aromatic carbocycles. The van der Waals surface area contributed by atoms with Crippen LogP contribution in [-0.4, -0.2) is 145 Å². The highest BCUT2D eigenvalue weighted by Crippen LogP contribution is 2.33. The first-order chi connectivity index (χ1) is 38.2. The van der Waals surface area contributed by atoms with E-state index in [1.165, 1.54) is 100 Å². The average Bonchev–Trinajstić information content (AvgIpc) is 4.03. The zero-order chi connectivity index (χ0) is 60.0. The standard InChI is InChI=1S/C26H24O12.C23H16N2O9.C5H8O4/c1-13(25(31)35-11-33-15(3)27)37-17-5-7-19-21(9-17)23(29)20-8-6-18(10-22(20)24(19)30)38-14(2)26(32)36-12-34-16(4)28;1-11(26)33-9-24-20(29)15-5-3-13(7-17(15)22(24)31)19(28)14-4-6-16-18(8-14)23(32)25(21(16)30)10-34-12(2)27;1-4(6)8-3-9-5(2)7/h5-10,13-14H,11-12H2,1-4H3;3-8H,9-10H2,1-2H3;3H2,1-2H3. The molecule has 0 N–H and O–H groups in total. The molecule has 0 saturated heterocycles. The van der Waals surface area contributed by atoms with Gasteiger partial charge in [-0.15, -0.1) is 0 Å². The Balaban J connectivity index is 0.000000259. The van der Waals surface area contributed by atoms with E-state index in [0.29, 0.717) is 0 Å². The summed E-state index contributed by atoms with van der Waals surface area (Å²) >= 11 is 0. The molecule has 7 rings (SSSR count). The fraction of sp³-hybridized carbons (Fsp3) is 0.278. The smallest absolute Gasteiger partial charge is 0.349 e. The van der Waals surface area contributed by atoms with E-state index >= 15 is 0 Å². The van der Waals surface area contributed by atoms with Gasteiger partial charge in [0.2, 0.25) is 20.4 Å². The Hall–Kier alpha value is -10.5. The highest BCUT2D eigenvalue weighted by atomic mass is 16.7. The first-order valence-corrected chi connectivity index (χ1v) is 23.6. The molecule has 0 fully saturated rings. The third-order valence-corrected chi connectivity index (χ3v) is 11.0. The average molecular weight is 1120 g/mol. The molecule has 424 valence electrons.